The lowest BCUT2D eigenvalue weighted by molar-refractivity contribution is 0.290. The minimum atomic E-state index is -0.189. The number of hydrogen-bond donors (Lipinski definition) is 0. The largest absolute Gasteiger partial charge is 0.352 e. The van der Waals surface area contributed by atoms with E-state index in [2.05, 4.69) is 81.9 Å². The Hall–Kier alpha value is -2.09. The lowest BCUT2D eigenvalue weighted by Crippen LogP contribution is -2.43. The second-order valence-corrected chi connectivity index (χ2v) is 6.70. The molecule has 0 aliphatic carbocycles. The van der Waals surface area contributed by atoms with Crippen LogP contribution in [0.15, 0.2) is 35.3 Å². The van der Waals surface area contributed by atoms with Crippen molar-refractivity contribution in [3.05, 3.63) is 63.7 Å². The molecule has 1 unspecified atom stereocenters. The Morgan fingerprint density at radius 2 is 1.64 bits per heavy atom. The maximum Gasteiger partial charge on any atom is 0.0919 e. The number of nitrogens with zero attached hydrogens (tertiary/aromatic N) is 2. The molecule has 2 heteroatoms. The third-order valence-corrected chi connectivity index (χ3v) is 5.09. The second-order valence-electron chi connectivity index (χ2n) is 6.70. The van der Waals surface area contributed by atoms with Crippen molar-refractivity contribution < 1.29 is 0 Å². The summed E-state index contributed by atoms with van der Waals surface area (Å²) in [6.45, 7) is 11.0. The fraction of sp³-hybridized carbons (Fsp3) is 0.350. The Kier molecular flexibility index (Phi) is 3.36. The van der Waals surface area contributed by atoms with Crippen molar-refractivity contribution in [1.29, 1.82) is 0 Å². The minimum absolute atomic E-state index is 0.189. The Bertz CT molecular complexity index is 774. The summed E-state index contributed by atoms with van der Waals surface area (Å²) in [5, 5.41) is 0. The number of aliphatic imine (C=N–C) groups is 1. The van der Waals surface area contributed by atoms with Gasteiger partial charge in [0.1, 0.15) is 0 Å². The molecule has 0 fully saturated rings. The molecule has 0 aromatic heterocycles. The van der Waals surface area contributed by atoms with Gasteiger partial charge >= 0.3 is 0 Å². The first-order valence-electron chi connectivity index (χ1n) is 7.80. The van der Waals surface area contributed by atoms with Crippen LogP contribution in [0.4, 0.5) is 5.69 Å². The van der Waals surface area contributed by atoms with Crippen molar-refractivity contribution in [2.45, 2.75) is 40.2 Å². The minimum Gasteiger partial charge on any atom is -0.352 e. The smallest absolute Gasteiger partial charge is 0.0919 e. The molecule has 1 aliphatic rings. The molecular weight excluding hydrogens is 268 g/mol. The van der Waals surface area contributed by atoms with Gasteiger partial charge in [-0.3, -0.25) is 0 Å². The van der Waals surface area contributed by atoms with Gasteiger partial charge in [0.05, 0.1) is 17.6 Å². The van der Waals surface area contributed by atoms with Gasteiger partial charge in [0.15, 0.2) is 0 Å². The first-order valence-corrected chi connectivity index (χ1v) is 7.80. The molecule has 2 nitrogen and oxygen atoms in total. The van der Waals surface area contributed by atoms with Crippen LogP contribution in [0.3, 0.4) is 0 Å². The van der Waals surface area contributed by atoms with Crippen molar-refractivity contribution in [3.63, 3.8) is 0 Å². The van der Waals surface area contributed by atoms with E-state index in [1.165, 1.54) is 33.4 Å². The molecule has 0 saturated carbocycles. The lowest BCUT2D eigenvalue weighted by atomic mass is 9.78. The van der Waals surface area contributed by atoms with Crippen molar-refractivity contribution in [2.75, 3.05) is 7.05 Å². The molecule has 0 N–H and O–H groups in total. The number of hydrogen-bond acceptors (Lipinski definition) is 2. The van der Waals surface area contributed by atoms with Crippen LogP contribution in [0.1, 0.15) is 40.3 Å². The molecule has 0 saturated heterocycles. The maximum absolute atomic E-state index is 4.63. The van der Waals surface area contributed by atoms with Gasteiger partial charge in [-0.15, -0.1) is 0 Å². The fourth-order valence-electron chi connectivity index (χ4n) is 3.49. The standard InChI is InChI=1S/C20H24N2/c1-13-7-8-17-19(11-13)21-12-22(6)20(17,5)18-10-14(2)9-15(3)16(18)4/h7-12H,1-6H3. The van der Waals surface area contributed by atoms with Crippen LogP contribution >= 0.6 is 0 Å². The highest BCUT2D eigenvalue weighted by atomic mass is 15.2. The molecule has 2 aromatic rings. The molecule has 2 aromatic carbocycles. The molecule has 1 aliphatic heterocycles. The van der Waals surface area contributed by atoms with Crippen LogP contribution in [0.2, 0.25) is 0 Å². The fourth-order valence-corrected chi connectivity index (χ4v) is 3.49. The Morgan fingerprint density at radius 1 is 0.909 bits per heavy atom. The molecule has 22 heavy (non-hydrogen) atoms. The van der Waals surface area contributed by atoms with E-state index in [4.69, 9.17) is 0 Å². The molecule has 114 valence electrons. The lowest BCUT2D eigenvalue weighted by Gasteiger charge is -2.43. The molecule has 0 bridgehead atoms. The first-order chi connectivity index (χ1) is 10.3. The van der Waals surface area contributed by atoms with Gasteiger partial charge in [0.25, 0.3) is 0 Å². The second kappa shape index (κ2) is 4.98. The van der Waals surface area contributed by atoms with Gasteiger partial charge in [0, 0.05) is 12.6 Å². The van der Waals surface area contributed by atoms with E-state index in [-0.39, 0.29) is 5.54 Å². The third-order valence-electron chi connectivity index (χ3n) is 5.09. The highest BCUT2D eigenvalue weighted by molar-refractivity contribution is 5.72. The molecule has 3 rings (SSSR count). The summed E-state index contributed by atoms with van der Waals surface area (Å²) in [6.07, 6.45) is 1.96. The highest BCUT2D eigenvalue weighted by Crippen LogP contribution is 2.44. The van der Waals surface area contributed by atoms with Gasteiger partial charge in [-0.2, -0.15) is 0 Å². The maximum atomic E-state index is 4.63. The van der Waals surface area contributed by atoms with Gasteiger partial charge in [-0.05, 0) is 62.9 Å². The normalized spacial score (nSPS) is 20.2. The van der Waals surface area contributed by atoms with Crippen molar-refractivity contribution in [1.82, 2.24) is 4.90 Å². The predicted octanol–water partition coefficient (Wildman–Crippen LogP) is 4.79. The number of fused-ring (bicyclic) bond motifs is 1. The Balaban J connectivity index is 2.32. The summed E-state index contributed by atoms with van der Waals surface area (Å²) in [5.74, 6) is 0. The van der Waals surface area contributed by atoms with Crippen LogP contribution in [0.25, 0.3) is 0 Å². The van der Waals surface area contributed by atoms with Crippen LogP contribution < -0.4 is 0 Å². The van der Waals surface area contributed by atoms with E-state index in [1.54, 1.807) is 0 Å². The van der Waals surface area contributed by atoms with Crippen LogP contribution in [-0.4, -0.2) is 18.3 Å². The van der Waals surface area contributed by atoms with Crippen LogP contribution in [-0.2, 0) is 5.54 Å². The average Bonchev–Trinajstić information content (AvgIpc) is 2.46. The molecule has 1 atom stereocenters. The zero-order chi connectivity index (χ0) is 16.1. The molecule has 0 radical (unpaired) electrons. The first kappa shape index (κ1) is 14.8. The van der Waals surface area contributed by atoms with E-state index in [0.29, 0.717) is 0 Å². The van der Waals surface area contributed by atoms with Gasteiger partial charge in [-0.25, -0.2) is 4.99 Å². The zero-order valence-corrected chi connectivity index (χ0v) is 14.4. The molecular formula is C20H24N2. The summed E-state index contributed by atoms with van der Waals surface area (Å²) in [4.78, 5) is 6.86. The van der Waals surface area contributed by atoms with E-state index in [1.807, 2.05) is 6.34 Å². The third kappa shape index (κ3) is 2.06. The Morgan fingerprint density at radius 3 is 2.36 bits per heavy atom. The average molecular weight is 292 g/mol. The van der Waals surface area contributed by atoms with E-state index < -0.39 is 0 Å². The quantitative estimate of drug-likeness (QED) is 0.738. The van der Waals surface area contributed by atoms with Crippen LogP contribution in [0.5, 0.6) is 0 Å². The van der Waals surface area contributed by atoms with Gasteiger partial charge in [-0.1, -0.05) is 29.8 Å². The Labute approximate surface area is 133 Å². The van der Waals surface area contributed by atoms with E-state index in [0.717, 1.165) is 5.69 Å². The number of aryl methyl sites for hydroxylation is 3. The topological polar surface area (TPSA) is 15.6 Å². The zero-order valence-electron chi connectivity index (χ0n) is 14.4. The van der Waals surface area contributed by atoms with Crippen molar-refractivity contribution >= 4 is 12.0 Å². The summed E-state index contributed by atoms with van der Waals surface area (Å²) in [7, 11) is 2.11. The molecule has 0 amide bonds. The van der Waals surface area contributed by atoms with Crippen molar-refractivity contribution in [2.24, 2.45) is 4.99 Å². The summed E-state index contributed by atoms with van der Waals surface area (Å²) >= 11 is 0. The van der Waals surface area contributed by atoms with E-state index >= 15 is 0 Å². The number of benzene rings is 2. The summed E-state index contributed by atoms with van der Waals surface area (Å²) in [5.41, 5.74) is 8.80. The van der Waals surface area contributed by atoms with E-state index in [9.17, 15) is 0 Å². The molecule has 1 heterocycles. The summed E-state index contributed by atoms with van der Waals surface area (Å²) in [6, 6.07) is 11.2. The monoisotopic (exact) mass is 292 g/mol. The van der Waals surface area contributed by atoms with Gasteiger partial charge < -0.3 is 4.90 Å². The SMILES string of the molecule is Cc1ccc2c(c1)N=CN(C)C2(C)c1cc(C)cc(C)c1C. The summed E-state index contributed by atoms with van der Waals surface area (Å²) < 4.78 is 0. The van der Waals surface area contributed by atoms with Gasteiger partial charge in [0.2, 0.25) is 0 Å². The number of rotatable bonds is 1. The predicted molar refractivity (Wildman–Crippen MR) is 94.2 cm³/mol. The van der Waals surface area contributed by atoms with Crippen LogP contribution in [0, 0.1) is 27.7 Å². The molecule has 0 spiro atoms. The highest BCUT2D eigenvalue weighted by Gasteiger charge is 2.38. The van der Waals surface area contributed by atoms with Crippen molar-refractivity contribution in [3.8, 4) is 0 Å².